The van der Waals surface area contributed by atoms with Crippen LogP contribution in [0, 0.1) is 0 Å². The van der Waals surface area contributed by atoms with Crippen LogP contribution in [0.15, 0.2) is 30.3 Å². The molecule has 1 aromatic carbocycles. The Morgan fingerprint density at radius 3 is 2.63 bits per heavy atom. The molecule has 0 radical (unpaired) electrons. The summed E-state index contributed by atoms with van der Waals surface area (Å²) in [6.07, 6.45) is 5.51. The van der Waals surface area contributed by atoms with Crippen molar-refractivity contribution in [1.29, 1.82) is 0 Å². The van der Waals surface area contributed by atoms with E-state index >= 15 is 0 Å². The van der Waals surface area contributed by atoms with Crippen molar-refractivity contribution in [3.05, 3.63) is 53.0 Å². The molecule has 1 aliphatic rings. The van der Waals surface area contributed by atoms with E-state index in [1.165, 1.54) is 29.7 Å². The van der Waals surface area contributed by atoms with Crippen LogP contribution in [0.1, 0.15) is 35.5 Å². The minimum absolute atomic E-state index is 0.808. The van der Waals surface area contributed by atoms with Crippen molar-refractivity contribution < 1.29 is 0 Å². The van der Waals surface area contributed by atoms with Gasteiger partial charge in [0.25, 0.3) is 0 Å². The lowest BCUT2D eigenvalue weighted by Crippen LogP contribution is -2.13. The number of rotatable bonds is 3. The maximum atomic E-state index is 4.77. The molecule has 0 saturated heterocycles. The number of nitrogens with zero attached hydrogens (tertiary/aromatic N) is 2. The standard InChI is InChI=1S/C16H19N3/c1-17-16-13-9-5-6-10-14(13)18-15(19-16)11-12-7-3-2-4-8-12/h2-4,7-8H,5-6,9-11H2,1H3,(H,17,18,19). The van der Waals surface area contributed by atoms with Crippen LogP contribution >= 0.6 is 0 Å². The molecule has 0 saturated carbocycles. The number of nitrogens with one attached hydrogen (secondary N) is 1. The first-order valence-corrected chi connectivity index (χ1v) is 6.97. The Balaban J connectivity index is 1.94. The third-order valence-electron chi connectivity index (χ3n) is 3.67. The lowest BCUT2D eigenvalue weighted by atomic mass is 9.96. The molecule has 98 valence electrons. The molecule has 1 aromatic heterocycles. The maximum Gasteiger partial charge on any atom is 0.135 e. The second-order valence-electron chi connectivity index (χ2n) is 5.03. The van der Waals surface area contributed by atoms with E-state index in [9.17, 15) is 0 Å². The summed E-state index contributed by atoms with van der Waals surface area (Å²) in [5.74, 6) is 1.95. The van der Waals surface area contributed by atoms with E-state index in [1.807, 2.05) is 13.1 Å². The fourth-order valence-electron chi connectivity index (χ4n) is 2.71. The molecule has 1 aliphatic carbocycles. The van der Waals surface area contributed by atoms with Gasteiger partial charge < -0.3 is 5.32 Å². The molecule has 19 heavy (non-hydrogen) atoms. The van der Waals surface area contributed by atoms with Crippen LogP contribution in [0.3, 0.4) is 0 Å². The number of hydrogen-bond acceptors (Lipinski definition) is 3. The molecule has 0 aliphatic heterocycles. The third-order valence-corrected chi connectivity index (χ3v) is 3.67. The topological polar surface area (TPSA) is 37.8 Å². The van der Waals surface area contributed by atoms with Gasteiger partial charge in [0.1, 0.15) is 11.6 Å². The van der Waals surface area contributed by atoms with Crippen molar-refractivity contribution in [2.75, 3.05) is 12.4 Å². The van der Waals surface area contributed by atoms with Gasteiger partial charge in [-0.2, -0.15) is 0 Å². The van der Waals surface area contributed by atoms with E-state index in [2.05, 4.69) is 34.6 Å². The first-order valence-electron chi connectivity index (χ1n) is 6.97. The van der Waals surface area contributed by atoms with Crippen LogP contribution in [-0.2, 0) is 19.3 Å². The van der Waals surface area contributed by atoms with Gasteiger partial charge in [-0.3, -0.25) is 0 Å². The predicted octanol–water partition coefficient (Wildman–Crippen LogP) is 2.99. The Bertz CT molecular complexity index is 546. The average molecular weight is 253 g/mol. The SMILES string of the molecule is CNc1nc(Cc2ccccc2)nc2c1CCCC2. The van der Waals surface area contributed by atoms with Gasteiger partial charge in [-0.1, -0.05) is 30.3 Å². The monoisotopic (exact) mass is 253 g/mol. The maximum absolute atomic E-state index is 4.77. The molecule has 3 heteroatoms. The molecule has 0 unspecified atom stereocenters. The molecule has 2 aromatic rings. The highest BCUT2D eigenvalue weighted by Crippen LogP contribution is 2.25. The van der Waals surface area contributed by atoms with Crippen molar-refractivity contribution in [2.45, 2.75) is 32.1 Å². The molecule has 0 amide bonds. The Hall–Kier alpha value is -1.90. The van der Waals surface area contributed by atoms with Gasteiger partial charge in [-0.05, 0) is 31.2 Å². The van der Waals surface area contributed by atoms with E-state index in [0.29, 0.717) is 0 Å². The van der Waals surface area contributed by atoms with Crippen molar-refractivity contribution in [3.8, 4) is 0 Å². The van der Waals surface area contributed by atoms with Crippen LogP contribution in [-0.4, -0.2) is 17.0 Å². The van der Waals surface area contributed by atoms with Gasteiger partial charge in [-0.25, -0.2) is 9.97 Å². The highest BCUT2D eigenvalue weighted by molar-refractivity contribution is 5.47. The lowest BCUT2D eigenvalue weighted by Gasteiger charge is -2.18. The normalized spacial score (nSPS) is 13.9. The summed E-state index contributed by atoms with van der Waals surface area (Å²) in [4.78, 5) is 9.44. The molecule has 0 atom stereocenters. The summed E-state index contributed by atoms with van der Waals surface area (Å²) in [5, 5.41) is 3.23. The van der Waals surface area contributed by atoms with Gasteiger partial charge in [0.05, 0.1) is 0 Å². The van der Waals surface area contributed by atoms with Crippen molar-refractivity contribution >= 4 is 5.82 Å². The van der Waals surface area contributed by atoms with Crippen LogP contribution in [0.25, 0.3) is 0 Å². The van der Waals surface area contributed by atoms with Crippen molar-refractivity contribution in [2.24, 2.45) is 0 Å². The molecular weight excluding hydrogens is 234 g/mol. The summed E-state index contributed by atoms with van der Waals surface area (Å²) in [6, 6.07) is 10.4. The number of aromatic nitrogens is 2. The summed E-state index contributed by atoms with van der Waals surface area (Å²) in [6.45, 7) is 0. The van der Waals surface area contributed by atoms with Gasteiger partial charge in [-0.15, -0.1) is 0 Å². The highest BCUT2D eigenvalue weighted by atomic mass is 15.0. The Morgan fingerprint density at radius 2 is 1.84 bits per heavy atom. The van der Waals surface area contributed by atoms with E-state index in [4.69, 9.17) is 4.98 Å². The van der Waals surface area contributed by atoms with Crippen LogP contribution < -0.4 is 5.32 Å². The zero-order valence-electron chi connectivity index (χ0n) is 11.3. The number of aryl methyl sites for hydroxylation is 1. The summed E-state index contributed by atoms with van der Waals surface area (Å²) in [7, 11) is 1.95. The first-order chi connectivity index (χ1) is 9.36. The Labute approximate surface area is 114 Å². The number of anilines is 1. The minimum atomic E-state index is 0.808. The first kappa shape index (κ1) is 12.2. The number of fused-ring (bicyclic) bond motifs is 1. The Morgan fingerprint density at radius 1 is 1.05 bits per heavy atom. The van der Waals surface area contributed by atoms with E-state index in [-0.39, 0.29) is 0 Å². The summed E-state index contributed by atoms with van der Waals surface area (Å²) in [5.41, 5.74) is 3.84. The minimum Gasteiger partial charge on any atom is -0.373 e. The summed E-state index contributed by atoms with van der Waals surface area (Å²) < 4.78 is 0. The molecule has 0 bridgehead atoms. The second-order valence-corrected chi connectivity index (χ2v) is 5.03. The fourth-order valence-corrected chi connectivity index (χ4v) is 2.71. The molecule has 0 spiro atoms. The van der Waals surface area contributed by atoms with E-state index in [0.717, 1.165) is 30.9 Å². The van der Waals surface area contributed by atoms with E-state index < -0.39 is 0 Å². The third kappa shape index (κ3) is 2.60. The molecule has 1 heterocycles. The van der Waals surface area contributed by atoms with Gasteiger partial charge in [0.2, 0.25) is 0 Å². The van der Waals surface area contributed by atoms with Gasteiger partial charge in [0.15, 0.2) is 0 Å². The van der Waals surface area contributed by atoms with Crippen LogP contribution in [0.2, 0.25) is 0 Å². The number of benzene rings is 1. The highest BCUT2D eigenvalue weighted by Gasteiger charge is 2.17. The molecule has 3 nitrogen and oxygen atoms in total. The largest absolute Gasteiger partial charge is 0.373 e. The summed E-state index contributed by atoms with van der Waals surface area (Å²) >= 11 is 0. The Kier molecular flexibility index (Phi) is 3.45. The van der Waals surface area contributed by atoms with E-state index in [1.54, 1.807) is 0 Å². The molecular formula is C16H19N3. The molecule has 0 fully saturated rings. The van der Waals surface area contributed by atoms with Crippen LogP contribution in [0.4, 0.5) is 5.82 Å². The number of hydrogen-bond donors (Lipinski definition) is 1. The zero-order valence-corrected chi connectivity index (χ0v) is 11.3. The van der Waals surface area contributed by atoms with Crippen molar-refractivity contribution in [3.63, 3.8) is 0 Å². The predicted molar refractivity (Wildman–Crippen MR) is 77.5 cm³/mol. The van der Waals surface area contributed by atoms with Crippen LogP contribution in [0.5, 0.6) is 0 Å². The molecule has 1 N–H and O–H groups in total. The fraction of sp³-hybridized carbons (Fsp3) is 0.375. The van der Waals surface area contributed by atoms with Crippen molar-refractivity contribution in [1.82, 2.24) is 9.97 Å². The molecule has 3 rings (SSSR count). The lowest BCUT2D eigenvalue weighted by molar-refractivity contribution is 0.657. The quantitative estimate of drug-likeness (QED) is 0.913. The van der Waals surface area contributed by atoms with Gasteiger partial charge in [0, 0.05) is 24.7 Å². The average Bonchev–Trinajstić information content (AvgIpc) is 2.47. The smallest absolute Gasteiger partial charge is 0.135 e. The zero-order chi connectivity index (χ0) is 13.1. The second kappa shape index (κ2) is 5.39. The van der Waals surface area contributed by atoms with Gasteiger partial charge >= 0.3 is 0 Å².